The maximum atomic E-state index is 12.6. The molecule has 0 rings (SSSR count). The first-order valence-electron chi connectivity index (χ1n) is 22.7. The summed E-state index contributed by atoms with van der Waals surface area (Å²) in [6.45, 7) is 3.75. The van der Waals surface area contributed by atoms with E-state index in [0.29, 0.717) is 13.0 Å². The van der Waals surface area contributed by atoms with E-state index >= 15 is 0 Å². The number of carboxylic acids is 1. The predicted octanol–water partition coefficient (Wildman–Crippen LogP) is 12.6. The molecule has 0 aliphatic carbocycles. The summed E-state index contributed by atoms with van der Waals surface area (Å²) in [4.78, 5) is 33.6. The lowest BCUT2D eigenvalue weighted by Gasteiger charge is -2.20. The van der Waals surface area contributed by atoms with E-state index in [2.05, 4.69) is 62.5 Å². The van der Waals surface area contributed by atoms with E-state index in [1.165, 1.54) is 96.3 Å². The number of phosphoric acid groups is 1. The van der Waals surface area contributed by atoms with Crippen molar-refractivity contribution in [2.75, 3.05) is 26.4 Å². The van der Waals surface area contributed by atoms with Gasteiger partial charge in [0.15, 0.2) is 0 Å². The van der Waals surface area contributed by atoms with Gasteiger partial charge in [-0.25, -0.2) is 4.57 Å². The third-order valence-corrected chi connectivity index (χ3v) is 10.5. The van der Waals surface area contributed by atoms with Gasteiger partial charge in [-0.05, 0) is 70.6 Å². The van der Waals surface area contributed by atoms with E-state index in [0.717, 1.165) is 70.6 Å². The van der Waals surface area contributed by atoms with E-state index in [4.69, 9.17) is 29.4 Å². The first-order chi connectivity index (χ1) is 27.7. The van der Waals surface area contributed by atoms with E-state index < -0.39 is 45.1 Å². The van der Waals surface area contributed by atoms with Crippen LogP contribution in [0.3, 0.4) is 0 Å². The van der Waals surface area contributed by atoms with Crippen LogP contribution in [0.25, 0.3) is 0 Å². The molecule has 0 aromatic heterocycles. The zero-order chi connectivity index (χ0) is 41.9. The molecule has 0 fully saturated rings. The molecule has 0 radical (unpaired) electrons. The number of carbonyl (C=O) groups is 2. The van der Waals surface area contributed by atoms with Crippen LogP contribution in [0.4, 0.5) is 0 Å². The molecule has 332 valence electrons. The van der Waals surface area contributed by atoms with Gasteiger partial charge in [0.05, 0.1) is 19.8 Å². The lowest BCUT2D eigenvalue weighted by Crippen LogP contribution is -2.34. The summed E-state index contributed by atoms with van der Waals surface area (Å²) < 4.78 is 33.4. The number of phosphoric ester groups is 1. The van der Waals surface area contributed by atoms with E-state index in [-0.39, 0.29) is 13.0 Å². The summed E-state index contributed by atoms with van der Waals surface area (Å²) in [6, 6.07) is -1.48. The topological polar surface area (TPSA) is 155 Å². The van der Waals surface area contributed by atoms with E-state index in [1.807, 2.05) is 0 Å². The number of aliphatic carboxylic acids is 1. The second-order valence-electron chi connectivity index (χ2n) is 15.1. The van der Waals surface area contributed by atoms with Crippen molar-refractivity contribution in [2.24, 2.45) is 5.73 Å². The normalized spacial score (nSPS) is 14.3. The fourth-order valence-corrected chi connectivity index (χ4v) is 6.86. The van der Waals surface area contributed by atoms with Crippen LogP contribution < -0.4 is 5.73 Å². The summed E-state index contributed by atoms with van der Waals surface area (Å²) in [5.74, 6) is -1.79. The van der Waals surface area contributed by atoms with Gasteiger partial charge in [0.25, 0.3) is 0 Å². The monoisotopic (exact) mass is 826 g/mol. The number of nitrogens with two attached hydrogens (primary N) is 1. The van der Waals surface area contributed by atoms with Crippen LogP contribution in [0.5, 0.6) is 0 Å². The van der Waals surface area contributed by atoms with Gasteiger partial charge in [0.2, 0.25) is 0 Å². The van der Waals surface area contributed by atoms with Crippen molar-refractivity contribution < 1.29 is 42.7 Å². The lowest BCUT2D eigenvalue weighted by atomic mass is 10.1. The van der Waals surface area contributed by atoms with Gasteiger partial charge in [-0.2, -0.15) is 0 Å². The van der Waals surface area contributed by atoms with Crippen molar-refractivity contribution in [3.63, 3.8) is 0 Å². The first kappa shape index (κ1) is 54.9. The number of hydrogen-bond acceptors (Lipinski definition) is 8. The SMILES string of the molecule is CC/C=C\C/C=C\C/C=C\CCCCCCCCCCOCC(COP(=O)(O)OCC(N)C(=O)O)OC(=O)CCCCCCCCC/C=C\CCCCCCCC. The number of unbranched alkanes of at least 4 members (excludes halogenated alkanes) is 21. The molecule has 0 aliphatic heterocycles. The predicted molar refractivity (Wildman–Crippen MR) is 235 cm³/mol. The van der Waals surface area contributed by atoms with Gasteiger partial charge in [0.1, 0.15) is 12.1 Å². The third kappa shape index (κ3) is 41.9. The smallest absolute Gasteiger partial charge is 0.472 e. The second kappa shape index (κ2) is 42.1. The minimum atomic E-state index is -4.62. The number of hydrogen-bond donors (Lipinski definition) is 3. The molecule has 3 unspecified atom stereocenters. The molecule has 10 nitrogen and oxygen atoms in total. The Bertz CT molecular complexity index is 1090. The van der Waals surface area contributed by atoms with Gasteiger partial charge in [-0.15, -0.1) is 0 Å². The third-order valence-electron chi connectivity index (χ3n) is 9.59. The summed E-state index contributed by atoms with van der Waals surface area (Å²) in [6.07, 6.45) is 48.7. The standard InChI is InChI=1S/C46H84NO9P/c1-3-5-7-9-11-13-15-17-19-21-23-25-27-29-31-33-35-37-39-53-40-43(41-54-57(51,52)55-42-44(47)46(49)50)56-45(48)38-36-34-32-30-28-26-24-22-20-18-16-14-12-10-8-6-4-2/h5,7,11,13,17-20,43-44H,3-4,6,8-10,12,14-16,21-42,47H2,1-2H3,(H,49,50)(H,51,52)/b7-5-,13-11-,19-17-,20-18-. The molecule has 0 aromatic carbocycles. The van der Waals surface area contributed by atoms with Gasteiger partial charge in [-0.3, -0.25) is 18.6 Å². The second-order valence-corrected chi connectivity index (χ2v) is 16.6. The van der Waals surface area contributed by atoms with Crippen LogP contribution in [0.1, 0.15) is 194 Å². The van der Waals surface area contributed by atoms with Gasteiger partial charge >= 0.3 is 19.8 Å². The molecule has 57 heavy (non-hydrogen) atoms. The molecule has 0 saturated carbocycles. The Balaban J connectivity index is 4.23. The number of allylic oxidation sites excluding steroid dienone is 8. The zero-order valence-corrected chi connectivity index (χ0v) is 37.1. The first-order valence-corrected chi connectivity index (χ1v) is 24.2. The van der Waals surface area contributed by atoms with Crippen LogP contribution in [0, 0.1) is 0 Å². The summed E-state index contributed by atoms with van der Waals surface area (Å²) in [7, 11) is -4.62. The Hall–Kier alpha value is -2.07. The summed E-state index contributed by atoms with van der Waals surface area (Å²) in [5, 5.41) is 8.90. The molecule has 0 spiro atoms. The summed E-state index contributed by atoms with van der Waals surface area (Å²) in [5.41, 5.74) is 5.36. The highest BCUT2D eigenvalue weighted by Crippen LogP contribution is 2.43. The van der Waals surface area contributed by atoms with Gasteiger partial charge < -0.3 is 25.2 Å². The number of ether oxygens (including phenoxy) is 2. The van der Waals surface area contributed by atoms with E-state index in [1.54, 1.807) is 0 Å². The van der Waals surface area contributed by atoms with E-state index in [9.17, 15) is 19.0 Å². The van der Waals surface area contributed by atoms with Crippen LogP contribution >= 0.6 is 7.82 Å². The minimum absolute atomic E-state index is 0.00958. The Morgan fingerprint density at radius 1 is 0.579 bits per heavy atom. The average Bonchev–Trinajstić information content (AvgIpc) is 3.19. The van der Waals surface area contributed by atoms with Crippen LogP contribution in [0.15, 0.2) is 48.6 Å². The Morgan fingerprint density at radius 2 is 1.02 bits per heavy atom. The molecular weight excluding hydrogens is 741 g/mol. The molecule has 0 amide bonds. The average molecular weight is 826 g/mol. The Kier molecular flexibility index (Phi) is 40.5. The summed E-state index contributed by atoms with van der Waals surface area (Å²) >= 11 is 0. The van der Waals surface area contributed by atoms with Crippen LogP contribution in [-0.2, 0) is 32.7 Å². The number of carbonyl (C=O) groups excluding carboxylic acids is 1. The van der Waals surface area contributed by atoms with Gasteiger partial charge in [-0.1, -0.05) is 165 Å². The zero-order valence-electron chi connectivity index (χ0n) is 36.2. The molecule has 3 atom stereocenters. The van der Waals surface area contributed by atoms with Crippen molar-refractivity contribution in [1.82, 2.24) is 0 Å². The lowest BCUT2D eigenvalue weighted by molar-refractivity contribution is -0.154. The molecule has 0 aromatic rings. The highest BCUT2D eigenvalue weighted by molar-refractivity contribution is 7.47. The molecular formula is C46H84NO9P. The van der Waals surface area contributed by atoms with Crippen molar-refractivity contribution in [1.29, 1.82) is 0 Å². The number of esters is 1. The van der Waals surface area contributed by atoms with Crippen molar-refractivity contribution >= 4 is 19.8 Å². The van der Waals surface area contributed by atoms with Crippen LogP contribution in [-0.4, -0.2) is 60.5 Å². The minimum Gasteiger partial charge on any atom is -0.480 e. The molecule has 0 saturated heterocycles. The maximum Gasteiger partial charge on any atom is 0.472 e. The molecule has 11 heteroatoms. The van der Waals surface area contributed by atoms with Gasteiger partial charge in [0, 0.05) is 13.0 Å². The maximum absolute atomic E-state index is 12.6. The van der Waals surface area contributed by atoms with Crippen molar-refractivity contribution in [3.05, 3.63) is 48.6 Å². The largest absolute Gasteiger partial charge is 0.480 e. The highest BCUT2D eigenvalue weighted by Gasteiger charge is 2.27. The Labute approximate surface area is 348 Å². The van der Waals surface area contributed by atoms with Crippen molar-refractivity contribution in [3.8, 4) is 0 Å². The quantitative estimate of drug-likeness (QED) is 0.0234. The molecule has 0 aliphatic rings. The molecule has 0 heterocycles. The van der Waals surface area contributed by atoms with Crippen LogP contribution in [0.2, 0.25) is 0 Å². The fraction of sp³-hybridized carbons (Fsp3) is 0.783. The fourth-order valence-electron chi connectivity index (χ4n) is 6.08. The van der Waals surface area contributed by atoms with Crippen molar-refractivity contribution in [2.45, 2.75) is 206 Å². The Morgan fingerprint density at radius 3 is 1.54 bits per heavy atom. The highest BCUT2D eigenvalue weighted by atomic mass is 31.2. The molecule has 0 bridgehead atoms. The number of rotatable bonds is 43. The number of carboxylic acid groups (broad SMARTS) is 1. The molecule has 4 N–H and O–H groups in total.